The van der Waals surface area contributed by atoms with Crippen LogP contribution in [0.25, 0.3) is 0 Å². The van der Waals surface area contributed by atoms with Gasteiger partial charge in [0.25, 0.3) is 0 Å². The normalized spacial score (nSPS) is 10.8. The minimum Gasteiger partial charge on any atom is -0.339 e. The molecule has 0 spiro atoms. The van der Waals surface area contributed by atoms with Crippen LogP contribution in [0, 0.1) is 6.92 Å². The molecule has 0 radical (unpaired) electrons. The fraction of sp³-hybridized carbons (Fsp3) is 0.211. The third-order valence-electron chi connectivity index (χ3n) is 3.92. The highest BCUT2D eigenvalue weighted by Crippen LogP contribution is 2.27. The van der Waals surface area contributed by atoms with Crippen LogP contribution < -0.4 is 10.6 Å². The van der Waals surface area contributed by atoms with E-state index in [1.54, 1.807) is 6.20 Å². The lowest BCUT2D eigenvalue weighted by molar-refractivity contribution is 0.867. The summed E-state index contributed by atoms with van der Waals surface area (Å²) in [6.45, 7) is 6.26. The second-order valence-electron chi connectivity index (χ2n) is 6.07. The van der Waals surface area contributed by atoms with E-state index in [1.807, 2.05) is 43.3 Å². The number of rotatable bonds is 5. The number of para-hydroxylation sites is 1. The van der Waals surface area contributed by atoms with Gasteiger partial charge < -0.3 is 10.6 Å². The van der Waals surface area contributed by atoms with Crippen LogP contribution >= 0.6 is 11.6 Å². The smallest absolute Gasteiger partial charge is 0.249 e. The van der Waals surface area contributed by atoms with Crippen LogP contribution in [-0.4, -0.2) is 15.2 Å². The van der Waals surface area contributed by atoms with Crippen molar-refractivity contribution in [1.29, 1.82) is 0 Å². The number of hydrogen-bond donors (Lipinski definition) is 2. The highest BCUT2D eigenvalue weighted by molar-refractivity contribution is 6.31. The summed E-state index contributed by atoms with van der Waals surface area (Å²) in [6.07, 6.45) is 1.58. The monoisotopic (exact) mass is 353 g/mol. The first-order chi connectivity index (χ1) is 12.0. The van der Waals surface area contributed by atoms with Gasteiger partial charge in [0.15, 0.2) is 5.82 Å². The molecule has 0 atom stereocenters. The zero-order valence-electron chi connectivity index (χ0n) is 14.4. The molecule has 0 amide bonds. The third-order valence-corrected chi connectivity index (χ3v) is 4.33. The second-order valence-corrected chi connectivity index (χ2v) is 6.48. The van der Waals surface area contributed by atoms with Crippen LogP contribution in [0.4, 0.5) is 23.1 Å². The van der Waals surface area contributed by atoms with E-state index in [9.17, 15) is 0 Å². The molecule has 0 bridgehead atoms. The Balaban J connectivity index is 1.84. The Kier molecular flexibility index (Phi) is 5.14. The van der Waals surface area contributed by atoms with Crippen molar-refractivity contribution < 1.29 is 0 Å². The minimum absolute atomic E-state index is 0.395. The summed E-state index contributed by atoms with van der Waals surface area (Å²) in [7, 11) is 0. The number of aromatic nitrogens is 3. The molecular formula is C19H20ClN5. The van der Waals surface area contributed by atoms with Gasteiger partial charge in [-0.3, -0.25) is 0 Å². The fourth-order valence-corrected chi connectivity index (χ4v) is 2.71. The van der Waals surface area contributed by atoms with Crippen LogP contribution in [0.1, 0.15) is 30.9 Å². The molecule has 0 unspecified atom stereocenters. The van der Waals surface area contributed by atoms with Crippen molar-refractivity contribution in [2.75, 3.05) is 10.6 Å². The molecule has 3 aromatic rings. The first-order valence-electron chi connectivity index (χ1n) is 8.12. The van der Waals surface area contributed by atoms with E-state index >= 15 is 0 Å². The highest BCUT2D eigenvalue weighted by Gasteiger charge is 2.09. The number of hydrogen-bond acceptors (Lipinski definition) is 5. The predicted octanol–water partition coefficient (Wildman–Crippen LogP) is 5.44. The molecule has 2 aromatic carbocycles. The average Bonchev–Trinajstić information content (AvgIpc) is 2.60. The lowest BCUT2D eigenvalue weighted by Crippen LogP contribution is -2.05. The van der Waals surface area contributed by atoms with Gasteiger partial charge >= 0.3 is 0 Å². The van der Waals surface area contributed by atoms with E-state index in [1.165, 1.54) is 5.56 Å². The van der Waals surface area contributed by atoms with E-state index in [4.69, 9.17) is 11.6 Å². The minimum atomic E-state index is 0.395. The molecule has 1 heterocycles. The van der Waals surface area contributed by atoms with Crippen LogP contribution in [0.5, 0.6) is 0 Å². The van der Waals surface area contributed by atoms with Crippen molar-refractivity contribution in [1.82, 2.24) is 15.2 Å². The Hall–Kier alpha value is -2.66. The van der Waals surface area contributed by atoms with Crippen LogP contribution in [0.3, 0.4) is 0 Å². The molecule has 5 nitrogen and oxygen atoms in total. The van der Waals surface area contributed by atoms with E-state index in [0.29, 0.717) is 22.7 Å². The van der Waals surface area contributed by atoms with Crippen molar-refractivity contribution in [3.05, 3.63) is 64.8 Å². The zero-order valence-corrected chi connectivity index (χ0v) is 15.2. The summed E-state index contributed by atoms with van der Waals surface area (Å²) in [5, 5.41) is 15.3. The zero-order chi connectivity index (χ0) is 17.8. The second kappa shape index (κ2) is 7.49. The van der Waals surface area contributed by atoms with Crippen LogP contribution in [0.15, 0.2) is 48.7 Å². The number of benzene rings is 2. The number of anilines is 4. The molecule has 0 saturated carbocycles. The molecule has 1 aromatic heterocycles. The summed E-state index contributed by atoms with van der Waals surface area (Å²) >= 11 is 6.16. The lowest BCUT2D eigenvalue weighted by Gasteiger charge is -2.14. The van der Waals surface area contributed by atoms with E-state index in [-0.39, 0.29) is 0 Å². The Morgan fingerprint density at radius 2 is 1.72 bits per heavy atom. The number of nitrogens with zero attached hydrogens (tertiary/aromatic N) is 3. The van der Waals surface area contributed by atoms with Gasteiger partial charge in [0.05, 0.1) is 6.20 Å². The molecule has 0 saturated heterocycles. The van der Waals surface area contributed by atoms with Gasteiger partial charge in [0.2, 0.25) is 5.95 Å². The van der Waals surface area contributed by atoms with E-state index in [0.717, 1.165) is 16.9 Å². The molecule has 0 aliphatic rings. The van der Waals surface area contributed by atoms with Crippen molar-refractivity contribution in [2.45, 2.75) is 26.7 Å². The Morgan fingerprint density at radius 1 is 0.960 bits per heavy atom. The summed E-state index contributed by atoms with van der Waals surface area (Å²) in [5.74, 6) is 1.44. The summed E-state index contributed by atoms with van der Waals surface area (Å²) in [6, 6.07) is 13.8. The summed E-state index contributed by atoms with van der Waals surface area (Å²) in [4.78, 5) is 4.50. The number of nitrogens with one attached hydrogen (secondary N) is 2. The van der Waals surface area contributed by atoms with Gasteiger partial charge in [0, 0.05) is 16.4 Å². The van der Waals surface area contributed by atoms with E-state index in [2.05, 4.69) is 45.7 Å². The standard InChI is InChI=1S/C19H20ClN5/c1-12(2)14-7-4-5-9-17(14)23-19-24-18(11-21-25-19)22-16-10-6-8-15(20)13(16)3/h4-12H,1-3H3,(H2,22,23,24,25). The molecule has 0 aliphatic carbocycles. The molecule has 0 aliphatic heterocycles. The van der Waals surface area contributed by atoms with Crippen molar-refractivity contribution in [3.8, 4) is 0 Å². The predicted molar refractivity (Wildman–Crippen MR) is 103 cm³/mol. The first-order valence-corrected chi connectivity index (χ1v) is 8.50. The van der Waals surface area contributed by atoms with Gasteiger partial charge in [-0.2, -0.15) is 10.1 Å². The summed E-state index contributed by atoms with van der Waals surface area (Å²) < 4.78 is 0. The van der Waals surface area contributed by atoms with Gasteiger partial charge in [-0.15, -0.1) is 5.10 Å². The van der Waals surface area contributed by atoms with Gasteiger partial charge in [0.1, 0.15) is 0 Å². The Bertz CT molecular complexity index is 879. The fourth-order valence-electron chi connectivity index (χ4n) is 2.53. The van der Waals surface area contributed by atoms with Crippen LogP contribution in [0.2, 0.25) is 5.02 Å². The van der Waals surface area contributed by atoms with Gasteiger partial charge in [-0.25, -0.2) is 0 Å². The molecule has 25 heavy (non-hydrogen) atoms. The van der Waals surface area contributed by atoms with Crippen molar-refractivity contribution in [3.63, 3.8) is 0 Å². The largest absolute Gasteiger partial charge is 0.339 e. The first kappa shape index (κ1) is 17.2. The maximum Gasteiger partial charge on any atom is 0.249 e. The Labute approximate surface area is 152 Å². The summed E-state index contributed by atoms with van der Waals surface area (Å²) in [5.41, 5.74) is 4.04. The Morgan fingerprint density at radius 3 is 2.52 bits per heavy atom. The maximum atomic E-state index is 6.16. The SMILES string of the molecule is Cc1c(Cl)cccc1Nc1cnnc(Nc2ccccc2C(C)C)n1. The maximum absolute atomic E-state index is 6.16. The lowest BCUT2D eigenvalue weighted by atomic mass is 10.0. The molecule has 128 valence electrons. The molecule has 3 rings (SSSR count). The van der Waals surface area contributed by atoms with Gasteiger partial charge in [-0.1, -0.05) is 49.7 Å². The topological polar surface area (TPSA) is 62.7 Å². The highest BCUT2D eigenvalue weighted by atomic mass is 35.5. The molecular weight excluding hydrogens is 334 g/mol. The third kappa shape index (κ3) is 4.06. The quantitative estimate of drug-likeness (QED) is 0.639. The molecule has 6 heteroatoms. The number of halogens is 1. The van der Waals surface area contributed by atoms with Crippen molar-refractivity contribution in [2.24, 2.45) is 0 Å². The molecule has 0 fully saturated rings. The van der Waals surface area contributed by atoms with Crippen molar-refractivity contribution >= 4 is 34.7 Å². The van der Waals surface area contributed by atoms with Gasteiger partial charge in [-0.05, 0) is 42.2 Å². The average molecular weight is 354 g/mol. The van der Waals surface area contributed by atoms with Crippen LogP contribution in [-0.2, 0) is 0 Å². The molecule has 2 N–H and O–H groups in total. The van der Waals surface area contributed by atoms with E-state index < -0.39 is 0 Å².